The van der Waals surface area contributed by atoms with E-state index in [-0.39, 0.29) is 18.5 Å². The molecule has 8 heteroatoms. The van der Waals surface area contributed by atoms with Gasteiger partial charge in [0.25, 0.3) is 6.47 Å². The number of aromatic nitrogens is 3. The fraction of sp³-hybridized carbons (Fsp3) is 0.368. The number of rotatable bonds is 4. The molecule has 3 heterocycles. The van der Waals surface area contributed by atoms with Crippen molar-refractivity contribution in [2.45, 2.75) is 26.0 Å². The van der Waals surface area contributed by atoms with Crippen molar-refractivity contribution < 1.29 is 19.4 Å². The number of carboxylic acid groups (broad SMARTS) is 1. The summed E-state index contributed by atoms with van der Waals surface area (Å²) in [6.45, 7) is 3.58. The molecule has 2 aromatic heterocycles. The molecule has 0 amide bonds. The third kappa shape index (κ3) is 4.66. The number of nitrogens with zero attached hydrogens (tertiary/aromatic N) is 4. The number of fused-ring (bicyclic) bond motifs is 1. The minimum absolute atomic E-state index is 0.194. The van der Waals surface area contributed by atoms with E-state index in [9.17, 15) is 5.11 Å². The molecule has 8 nitrogen and oxygen atoms in total. The van der Waals surface area contributed by atoms with Crippen molar-refractivity contribution in [3.63, 3.8) is 0 Å². The highest BCUT2D eigenvalue weighted by atomic mass is 16.4. The Morgan fingerprint density at radius 3 is 2.78 bits per heavy atom. The van der Waals surface area contributed by atoms with Crippen LogP contribution in [0.25, 0.3) is 10.9 Å². The summed E-state index contributed by atoms with van der Waals surface area (Å²) in [5.74, 6) is 1.37. The van der Waals surface area contributed by atoms with Crippen molar-refractivity contribution in [1.29, 1.82) is 0 Å². The number of para-hydroxylation sites is 1. The standard InChI is InChI=1S/C18H20N4O2.CH2O2/c1-12-20-21-18(24-12)11-22-9-14(17(23)10-22)8-13-6-7-19-16-5-3-2-4-15(13)16;2-1-3/h2-7,14,17,23H,8-11H2,1H3;1H,(H,2,3)/t14-,17+;/m1./s1. The quantitative estimate of drug-likeness (QED) is 0.667. The first kappa shape index (κ1) is 18.9. The van der Waals surface area contributed by atoms with Gasteiger partial charge in [-0.1, -0.05) is 18.2 Å². The van der Waals surface area contributed by atoms with Gasteiger partial charge < -0.3 is 14.6 Å². The highest BCUT2D eigenvalue weighted by Gasteiger charge is 2.32. The monoisotopic (exact) mass is 370 g/mol. The maximum Gasteiger partial charge on any atom is 0.290 e. The van der Waals surface area contributed by atoms with Crippen molar-refractivity contribution in [1.82, 2.24) is 20.1 Å². The van der Waals surface area contributed by atoms with E-state index in [4.69, 9.17) is 14.3 Å². The predicted molar refractivity (Wildman–Crippen MR) is 97.9 cm³/mol. The molecule has 1 aliphatic heterocycles. The molecule has 0 bridgehead atoms. The molecular weight excluding hydrogens is 348 g/mol. The number of hydrogen-bond acceptors (Lipinski definition) is 7. The van der Waals surface area contributed by atoms with Crippen molar-refractivity contribution in [3.05, 3.63) is 53.9 Å². The van der Waals surface area contributed by atoms with Crippen LogP contribution in [0, 0.1) is 12.8 Å². The highest BCUT2D eigenvalue weighted by Crippen LogP contribution is 2.26. The lowest BCUT2D eigenvalue weighted by Crippen LogP contribution is -2.21. The molecule has 1 fully saturated rings. The molecule has 0 radical (unpaired) electrons. The minimum atomic E-state index is -0.346. The van der Waals surface area contributed by atoms with E-state index in [1.165, 1.54) is 5.56 Å². The van der Waals surface area contributed by atoms with Gasteiger partial charge in [0.05, 0.1) is 18.2 Å². The van der Waals surface area contributed by atoms with E-state index in [0.29, 0.717) is 24.9 Å². The fourth-order valence-electron chi connectivity index (χ4n) is 3.48. The van der Waals surface area contributed by atoms with E-state index >= 15 is 0 Å². The maximum absolute atomic E-state index is 10.5. The van der Waals surface area contributed by atoms with Crippen LogP contribution >= 0.6 is 0 Å². The maximum atomic E-state index is 10.5. The first-order chi connectivity index (χ1) is 13.1. The Morgan fingerprint density at radius 1 is 1.26 bits per heavy atom. The van der Waals surface area contributed by atoms with Crippen LogP contribution in [0.2, 0.25) is 0 Å². The van der Waals surface area contributed by atoms with E-state index < -0.39 is 0 Å². The van der Waals surface area contributed by atoms with Gasteiger partial charge in [-0.05, 0) is 24.1 Å². The molecule has 0 saturated carbocycles. The molecule has 0 spiro atoms. The number of aryl methyl sites for hydroxylation is 1. The van der Waals surface area contributed by atoms with Gasteiger partial charge in [0.2, 0.25) is 11.8 Å². The van der Waals surface area contributed by atoms with Crippen LogP contribution < -0.4 is 0 Å². The molecule has 1 aromatic carbocycles. The fourth-order valence-corrected chi connectivity index (χ4v) is 3.48. The Labute approximate surface area is 156 Å². The number of hydrogen-bond donors (Lipinski definition) is 2. The van der Waals surface area contributed by atoms with Gasteiger partial charge in [0.15, 0.2) is 0 Å². The van der Waals surface area contributed by atoms with Gasteiger partial charge in [-0.15, -0.1) is 10.2 Å². The van der Waals surface area contributed by atoms with Crippen LogP contribution in [0.5, 0.6) is 0 Å². The molecular formula is C19H22N4O4. The first-order valence-corrected chi connectivity index (χ1v) is 8.70. The molecule has 3 aromatic rings. The number of β-amino-alcohol motifs (C(OH)–C–C–N with tert-alkyl or cyclic N) is 1. The predicted octanol–water partition coefficient (Wildman–Crippen LogP) is 1.66. The zero-order valence-electron chi connectivity index (χ0n) is 15.0. The van der Waals surface area contributed by atoms with Gasteiger partial charge in [-0.2, -0.15) is 0 Å². The van der Waals surface area contributed by atoms with Gasteiger partial charge >= 0.3 is 0 Å². The molecule has 1 aliphatic rings. The minimum Gasteiger partial charge on any atom is -0.483 e. The number of carbonyl (C=O) groups is 1. The summed E-state index contributed by atoms with van der Waals surface area (Å²) >= 11 is 0. The largest absolute Gasteiger partial charge is 0.483 e. The molecule has 1 saturated heterocycles. The molecule has 27 heavy (non-hydrogen) atoms. The average Bonchev–Trinajstić information content (AvgIpc) is 3.21. The molecule has 2 N–H and O–H groups in total. The van der Waals surface area contributed by atoms with Crippen LogP contribution in [0.1, 0.15) is 17.3 Å². The smallest absolute Gasteiger partial charge is 0.290 e. The Hall–Kier alpha value is -2.84. The lowest BCUT2D eigenvalue weighted by molar-refractivity contribution is -0.122. The lowest BCUT2D eigenvalue weighted by Gasteiger charge is -2.15. The second-order valence-electron chi connectivity index (χ2n) is 6.53. The lowest BCUT2D eigenvalue weighted by atomic mass is 9.94. The third-order valence-electron chi connectivity index (χ3n) is 4.63. The van der Waals surface area contributed by atoms with E-state index in [1.807, 2.05) is 24.4 Å². The molecule has 2 atom stereocenters. The summed E-state index contributed by atoms with van der Waals surface area (Å²) in [5.41, 5.74) is 2.24. The number of likely N-dealkylation sites (tertiary alicyclic amines) is 1. The Balaban J connectivity index is 0.000000659. The Bertz CT molecular complexity index is 893. The second kappa shape index (κ2) is 8.70. The van der Waals surface area contributed by atoms with Crippen molar-refractivity contribution >= 4 is 17.4 Å². The topological polar surface area (TPSA) is 113 Å². The Kier molecular flexibility index (Phi) is 6.10. The normalized spacial score (nSPS) is 19.6. The number of aliphatic hydroxyl groups is 1. The summed E-state index contributed by atoms with van der Waals surface area (Å²) in [6.07, 6.45) is 2.34. The van der Waals surface area contributed by atoms with Gasteiger partial charge in [-0.25, -0.2) is 0 Å². The summed E-state index contributed by atoms with van der Waals surface area (Å²) < 4.78 is 5.44. The van der Waals surface area contributed by atoms with Gasteiger partial charge in [-0.3, -0.25) is 14.7 Å². The van der Waals surface area contributed by atoms with Crippen LogP contribution in [0.4, 0.5) is 0 Å². The molecule has 4 rings (SSSR count). The van der Waals surface area contributed by atoms with Crippen molar-refractivity contribution in [2.75, 3.05) is 13.1 Å². The van der Waals surface area contributed by atoms with Crippen LogP contribution in [0.15, 0.2) is 40.9 Å². The molecule has 0 aliphatic carbocycles. The van der Waals surface area contributed by atoms with Crippen LogP contribution in [-0.2, 0) is 17.8 Å². The van der Waals surface area contributed by atoms with E-state index in [0.717, 1.165) is 23.9 Å². The number of benzene rings is 1. The summed E-state index contributed by atoms with van der Waals surface area (Å²) in [6, 6.07) is 10.2. The van der Waals surface area contributed by atoms with Crippen LogP contribution in [-0.4, -0.2) is 56.0 Å². The summed E-state index contributed by atoms with van der Waals surface area (Å²) in [5, 5.41) is 26.4. The Morgan fingerprint density at radius 2 is 2.04 bits per heavy atom. The average molecular weight is 370 g/mol. The van der Waals surface area contributed by atoms with Crippen LogP contribution in [0.3, 0.4) is 0 Å². The van der Waals surface area contributed by atoms with Gasteiger partial charge in [0, 0.05) is 37.5 Å². The summed E-state index contributed by atoms with van der Waals surface area (Å²) in [7, 11) is 0. The van der Waals surface area contributed by atoms with Crippen molar-refractivity contribution in [3.8, 4) is 0 Å². The highest BCUT2D eigenvalue weighted by molar-refractivity contribution is 5.81. The first-order valence-electron chi connectivity index (χ1n) is 8.70. The zero-order chi connectivity index (χ0) is 19.2. The zero-order valence-corrected chi connectivity index (χ0v) is 15.0. The summed E-state index contributed by atoms with van der Waals surface area (Å²) in [4.78, 5) is 14.9. The number of aliphatic hydroxyl groups excluding tert-OH is 1. The second-order valence-corrected chi connectivity index (χ2v) is 6.53. The number of pyridine rings is 1. The molecule has 142 valence electrons. The SMILES string of the molecule is Cc1nnc(CN2C[C@@H](Cc3ccnc4ccccc34)[C@@H](O)C2)o1.O=CO. The van der Waals surface area contributed by atoms with E-state index in [1.54, 1.807) is 6.92 Å². The van der Waals surface area contributed by atoms with Crippen molar-refractivity contribution in [2.24, 2.45) is 5.92 Å². The third-order valence-corrected chi connectivity index (χ3v) is 4.63. The van der Waals surface area contributed by atoms with Gasteiger partial charge in [0.1, 0.15) is 0 Å². The van der Waals surface area contributed by atoms with E-state index in [2.05, 4.69) is 32.2 Å². The molecule has 0 unspecified atom stereocenters.